The van der Waals surface area contributed by atoms with Gasteiger partial charge in [-0.25, -0.2) is 5.10 Å². The molecule has 0 saturated carbocycles. The van der Waals surface area contributed by atoms with Gasteiger partial charge in [-0.1, -0.05) is 50.2 Å². The number of nitrogens with one attached hydrogen (secondary N) is 1. The van der Waals surface area contributed by atoms with Crippen LogP contribution in [0.1, 0.15) is 69.9 Å². The van der Waals surface area contributed by atoms with E-state index in [1.807, 2.05) is 30.3 Å². The minimum Gasteiger partial charge on any atom is -0.494 e. The topological polar surface area (TPSA) is 112 Å². The number of rotatable bonds is 14. The van der Waals surface area contributed by atoms with Gasteiger partial charge in [-0.15, -0.1) is 5.10 Å². The molecule has 1 aromatic heterocycles. The number of unbranched alkanes of at least 4 members (excludes halogenated alkanes) is 8. The third kappa shape index (κ3) is 7.78. The Kier molecular flexibility index (Phi) is 9.56. The van der Waals surface area contributed by atoms with Crippen LogP contribution in [0.3, 0.4) is 0 Å². The molecule has 0 bridgehead atoms. The maximum Gasteiger partial charge on any atom is 0.303 e. The molecule has 0 aliphatic carbocycles. The summed E-state index contributed by atoms with van der Waals surface area (Å²) >= 11 is 0. The molecule has 2 aromatic rings. The molecule has 0 saturated heterocycles. The van der Waals surface area contributed by atoms with E-state index in [0.717, 1.165) is 43.4 Å². The van der Waals surface area contributed by atoms with E-state index in [4.69, 9.17) is 15.1 Å². The number of carboxylic acid groups (broad SMARTS) is 1. The normalized spacial score (nSPS) is 10.5. The Balaban J connectivity index is 1.50. The number of H-pyrrole nitrogens is 1. The van der Waals surface area contributed by atoms with Crippen molar-refractivity contribution in [3.63, 3.8) is 0 Å². The van der Waals surface area contributed by atoms with Crippen LogP contribution in [0.4, 0.5) is 0 Å². The Hall–Kier alpha value is -2.88. The van der Waals surface area contributed by atoms with Crippen LogP contribution >= 0.6 is 0 Å². The summed E-state index contributed by atoms with van der Waals surface area (Å²) in [4.78, 5) is 10.4. The van der Waals surface area contributed by atoms with Crippen molar-refractivity contribution in [2.45, 2.75) is 64.2 Å². The molecule has 0 amide bonds. The summed E-state index contributed by atoms with van der Waals surface area (Å²) in [6.45, 7) is 0.696. The SMILES string of the molecule is N#Cc1[nH]nnc1-c1ccc(OCCCCCCCCCCCC(=O)O)cc1. The van der Waals surface area contributed by atoms with Crippen molar-refractivity contribution < 1.29 is 14.6 Å². The van der Waals surface area contributed by atoms with Crippen molar-refractivity contribution in [1.29, 1.82) is 5.26 Å². The number of nitrogens with zero attached hydrogens (tertiary/aromatic N) is 3. The Morgan fingerprint density at radius 2 is 1.61 bits per heavy atom. The zero-order chi connectivity index (χ0) is 20.0. The van der Waals surface area contributed by atoms with Gasteiger partial charge in [0.15, 0.2) is 5.69 Å². The molecule has 0 spiro atoms. The van der Waals surface area contributed by atoms with Gasteiger partial charge in [0.1, 0.15) is 17.5 Å². The van der Waals surface area contributed by atoms with Gasteiger partial charge < -0.3 is 9.84 Å². The number of hydrogen-bond donors (Lipinski definition) is 2. The quantitative estimate of drug-likeness (QED) is 0.456. The Morgan fingerprint density at radius 3 is 2.21 bits per heavy atom. The molecule has 7 nitrogen and oxygen atoms in total. The molecule has 2 rings (SSSR count). The summed E-state index contributed by atoms with van der Waals surface area (Å²) in [6.07, 6.45) is 10.3. The summed E-state index contributed by atoms with van der Waals surface area (Å²) in [5.74, 6) is 0.119. The largest absolute Gasteiger partial charge is 0.494 e. The van der Waals surface area contributed by atoms with Crippen LogP contribution in [0.15, 0.2) is 24.3 Å². The highest BCUT2D eigenvalue weighted by Gasteiger charge is 2.08. The number of nitriles is 1. The second kappa shape index (κ2) is 12.5. The van der Waals surface area contributed by atoms with Crippen LogP contribution in [-0.2, 0) is 4.79 Å². The van der Waals surface area contributed by atoms with E-state index in [0.29, 0.717) is 24.4 Å². The van der Waals surface area contributed by atoms with Crippen LogP contribution in [0.25, 0.3) is 11.3 Å². The number of ether oxygens (including phenoxy) is 1. The first-order valence-corrected chi connectivity index (χ1v) is 9.97. The lowest BCUT2D eigenvalue weighted by Gasteiger charge is -2.07. The highest BCUT2D eigenvalue weighted by Crippen LogP contribution is 2.22. The van der Waals surface area contributed by atoms with E-state index < -0.39 is 5.97 Å². The average molecular weight is 384 g/mol. The number of benzene rings is 1. The van der Waals surface area contributed by atoms with Gasteiger partial charge in [0.2, 0.25) is 0 Å². The van der Waals surface area contributed by atoms with E-state index >= 15 is 0 Å². The van der Waals surface area contributed by atoms with Crippen LogP contribution in [-0.4, -0.2) is 33.1 Å². The maximum atomic E-state index is 10.4. The number of aromatic nitrogens is 3. The summed E-state index contributed by atoms with van der Waals surface area (Å²) in [5.41, 5.74) is 1.74. The fraction of sp³-hybridized carbons (Fsp3) is 0.524. The van der Waals surface area contributed by atoms with Crippen molar-refractivity contribution in [2.24, 2.45) is 0 Å². The van der Waals surface area contributed by atoms with Crippen molar-refractivity contribution >= 4 is 5.97 Å². The summed E-state index contributed by atoms with van der Waals surface area (Å²) in [6, 6.07) is 9.56. The fourth-order valence-electron chi connectivity index (χ4n) is 3.02. The van der Waals surface area contributed by atoms with Crippen LogP contribution in [0.2, 0.25) is 0 Å². The molecule has 0 radical (unpaired) electrons. The van der Waals surface area contributed by atoms with Gasteiger partial charge in [0, 0.05) is 12.0 Å². The van der Waals surface area contributed by atoms with Gasteiger partial charge in [0.05, 0.1) is 6.61 Å². The molecule has 0 atom stereocenters. The number of aliphatic carboxylic acids is 1. The van der Waals surface area contributed by atoms with E-state index in [2.05, 4.69) is 15.4 Å². The highest BCUT2D eigenvalue weighted by molar-refractivity contribution is 5.66. The lowest BCUT2D eigenvalue weighted by atomic mass is 10.1. The molecular formula is C21H28N4O3. The van der Waals surface area contributed by atoms with E-state index in [1.165, 1.54) is 25.7 Å². The third-order valence-electron chi connectivity index (χ3n) is 4.59. The smallest absolute Gasteiger partial charge is 0.303 e. The second-order valence-electron chi connectivity index (χ2n) is 6.85. The van der Waals surface area contributed by atoms with Crippen LogP contribution in [0.5, 0.6) is 5.75 Å². The van der Waals surface area contributed by atoms with Crippen molar-refractivity contribution in [2.75, 3.05) is 6.61 Å². The average Bonchev–Trinajstić information content (AvgIpc) is 3.18. The van der Waals surface area contributed by atoms with Crippen molar-refractivity contribution in [3.05, 3.63) is 30.0 Å². The predicted octanol–water partition coefficient (Wildman–Crippen LogP) is 4.71. The minimum atomic E-state index is -0.693. The molecule has 0 unspecified atom stereocenters. The number of hydrogen-bond acceptors (Lipinski definition) is 5. The second-order valence-corrected chi connectivity index (χ2v) is 6.85. The van der Waals surface area contributed by atoms with Crippen LogP contribution in [0, 0.1) is 11.3 Å². The summed E-state index contributed by atoms with van der Waals surface area (Å²) < 4.78 is 5.77. The number of carbonyl (C=O) groups is 1. The lowest BCUT2D eigenvalue weighted by Crippen LogP contribution is -1.97. The molecular weight excluding hydrogens is 356 g/mol. The lowest BCUT2D eigenvalue weighted by molar-refractivity contribution is -0.137. The first-order chi connectivity index (χ1) is 13.7. The first-order valence-electron chi connectivity index (χ1n) is 9.97. The molecule has 1 aromatic carbocycles. The van der Waals surface area contributed by atoms with Crippen molar-refractivity contribution in [3.8, 4) is 23.1 Å². The van der Waals surface area contributed by atoms with E-state index in [-0.39, 0.29) is 0 Å². The maximum absolute atomic E-state index is 10.4. The molecule has 0 aliphatic heterocycles. The molecule has 1 heterocycles. The molecule has 150 valence electrons. The first kappa shape index (κ1) is 21.4. The Bertz CT molecular complexity index is 750. The molecule has 0 fully saturated rings. The molecule has 7 heteroatoms. The zero-order valence-electron chi connectivity index (χ0n) is 16.2. The van der Waals surface area contributed by atoms with Gasteiger partial charge in [-0.05, 0) is 37.1 Å². The highest BCUT2D eigenvalue weighted by atomic mass is 16.5. The van der Waals surface area contributed by atoms with Crippen LogP contribution < -0.4 is 4.74 Å². The van der Waals surface area contributed by atoms with Gasteiger partial charge in [-0.3, -0.25) is 4.79 Å². The Morgan fingerprint density at radius 1 is 1.00 bits per heavy atom. The summed E-state index contributed by atoms with van der Waals surface area (Å²) in [7, 11) is 0. The fourth-order valence-corrected chi connectivity index (χ4v) is 3.02. The molecule has 28 heavy (non-hydrogen) atoms. The van der Waals surface area contributed by atoms with E-state index in [1.54, 1.807) is 0 Å². The number of carboxylic acids is 1. The predicted molar refractivity (Wildman–Crippen MR) is 106 cm³/mol. The standard InChI is InChI=1S/C21H28N4O3/c22-16-19-21(24-25-23-19)17-11-13-18(14-12-17)28-15-9-7-5-3-1-2-4-6-8-10-20(26)27/h11-14H,1-10,15H2,(H,26,27)(H,23,24,25). The molecule has 0 aliphatic rings. The Labute approximate surface area is 165 Å². The zero-order valence-corrected chi connectivity index (χ0v) is 16.2. The van der Waals surface area contributed by atoms with Gasteiger partial charge in [0.25, 0.3) is 0 Å². The van der Waals surface area contributed by atoms with Gasteiger partial charge in [-0.2, -0.15) is 5.26 Å². The molecule has 2 N–H and O–H groups in total. The monoisotopic (exact) mass is 384 g/mol. The number of aromatic amines is 1. The van der Waals surface area contributed by atoms with E-state index in [9.17, 15) is 4.79 Å². The van der Waals surface area contributed by atoms with Gasteiger partial charge >= 0.3 is 5.97 Å². The van der Waals surface area contributed by atoms with Crippen molar-refractivity contribution in [1.82, 2.24) is 15.4 Å². The summed E-state index contributed by atoms with van der Waals surface area (Å²) in [5, 5.41) is 27.7. The third-order valence-corrected chi connectivity index (χ3v) is 4.59. The minimum absolute atomic E-state index is 0.295.